The van der Waals surface area contributed by atoms with Gasteiger partial charge in [-0.3, -0.25) is 4.79 Å². The van der Waals surface area contributed by atoms with Crippen LogP contribution in [0, 0.1) is 5.82 Å². The topological polar surface area (TPSA) is 63.3 Å². The molecule has 0 unspecified atom stereocenters. The number of carbonyl (C=O) groups excluding carboxylic acids is 1. The van der Waals surface area contributed by atoms with Crippen molar-refractivity contribution in [1.82, 2.24) is 19.2 Å². The maximum Gasteiger partial charge on any atom is 0.259 e. The Morgan fingerprint density at radius 3 is 2.40 bits per heavy atom. The number of carbonyl (C=O) groups is 1. The van der Waals surface area contributed by atoms with Crippen molar-refractivity contribution < 1.29 is 14.3 Å². The Hall–Kier alpha value is -3.71. The molecule has 4 rings (SSSR count). The molecular formula is C23H21FN4O2. The second-order valence-electron chi connectivity index (χ2n) is 6.77. The molecule has 0 aliphatic rings. The van der Waals surface area contributed by atoms with Gasteiger partial charge in [0.25, 0.3) is 5.91 Å². The van der Waals surface area contributed by atoms with E-state index in [1.807, 2.05) is 42.5 Å². The molecule has 0 aliphatic carbocycles. The summed E-state index contributed by atoms with van der Waals surface area (Å²) in [7, 11) is 0. The number of amides is 1. The lowest BCUT2D eigenvalue weighted by Crippen LogP contribution is -2.33. The summed E-state index contributed by atoms with van der Waals surface area (Å²) in [5, 5.41) is 13.8. The summed E-state index contributed by atoms with van der Waals surface area (Å²) < 4.78 is 17.6. The van der Waals surface area contributed by atoms with Gasteiger partial charge in [0.2, 0.25) is 0 Å². The Morgan fingerprint density at radius 2 is 1.70 bits per heavy atom. The average Bonchev–Trinajstić information content (AvgIpc) is 3.44. The number of nitrogens with zero attached hydrogens (tertiary/aromatic N) is 4. The van der Waals surface area contributed by atoms with Gasteiger partial charge in [-0.15, -0.1) is 0 Å². The lowest BCUT2D eigenvalue weighted by molar-refractivity contribution is 0.0708. The molecule has 30 heavy (non-hydrogen) atoms. The number of hydrogen-bond acceptors (Lipinski definition) is 3. The summed E-state index contributed by atoms with van der Waals surface area (Å²) in [5.74, 6) is -0.296. The van der Waals surface area contributed by atoms with Crippen LogP contribution in [0.15, 0.2) is 85.3 Å². The Bertz CT molecular complexity index is 1120. The minimum absolute atomic E-state index is 0.168. The van der Waals surface area contributed by atoms with Crippen LogP contribution in [0.2, 0.25) is 0 Å². The van der Waals surface area contributed by atoms with Crippen molar-refractivity contribution in [3.05, 3.63) is 102 Å². The zero-order valence-corrected chi connectivity index (χ0v) is 16.2. The van der Waals surface area contributed by atoms with Crippen molar-refractivity contribution in [2.75, 3.05) is 13.2 Å². The molecule has 0 aliphatic heterocycles. The van der Waals surface area contributed by atoms with Crippen molar-refractivity contribution in [3.63, 3.8) is 0 Å². The first-order valence-corrected chi connectivity index (χ1v) is 9.59. The van der Waals surface area contributed by atoms with Gasteiger partial charge in [-0.25, -0.2) is 9.07 Å². The van der Waals surface area contributed by atoms with Crippen LogP contribution < -0.4 is 0 Å². The van der Waals surface area contributed by atoms with E-state index in [0.29, 0.717) is 17.9 Å². The predicted molar refractivity (Wildman–Crippen MR) is 111 cm³/mol. The number of hydrogen-bond donors (Lipinski definition) is 1. The van der Waals surface area contributed by atoms with E-state index >= 15 is 0 Å². The second kappa shape index (κ2) is 8.75. The normalized spacial score (nSPS) is 10.9. The van der Waals surface area contributed by atoms with E-state index in [0.717, 1.165) is 5.56 Å². The Kier molecular flexibility index (Phi) is 5.72. The number of aromatic nitrogens is 3. The number of benzene rings is 2. The highest BCUT2D eigenvalue weighted by atomic mass is 19.1. The van der Waals surface area contributed by atoms with E-state index in [1.165, 1.54) is 16.9 Å². The highest BCUT2D eigenvalue weighted by Gasteiger charge is 2.25. The summed E-state index contributed by atoms with van der Waals surface area (Å²) in [6.07, 6.45) is 5.00. The second-order valence-corrected chi connectivity index (χ2v) is 6.77. The third kappa shape index (κ3) is 3.88. The van der Waals surface area contributed by atoms with Gasteiger partial charge in [0.05, 0.1) is 12.8 Å². The SMILES string of the molecule is O=C(c1cnn(-c2ccccc2F)c1-n1cccc1)N(CCO)Cc1ccccc1. The lowest BCUT2D eigenvalue weighted by atomic mass is 10.2. The van der Waals surface area contributed by atoms with Crippen LogP contribution in [0.25, 0.3) is 11.5 Å². The number of para-hydroxylation sites is 1. The molecule has 7 heteroatoms. The molecule has 1 N–H and O–H groups in total. The smallest absolute Gasteiger partial charge is 0.259 e. The molecule has 2 aromatic carbocycles. The fourth-order valence-electron chi connectivity index (χ4n) is 3.36. The highest BCUT2D eigenvalue weighted by Crippen LogP contribution is 2.23. The molecule has 2 heterocycles. The first-order valence-electron chi connectivity index (χ1n) is 9.59. The molecule has 2 aromatic heterocycles. The van der Waals surface area contributed by atoms with Crippen molar-refractivity contribution in [2.24, 2.45) is 0 Å². The Balaban J connectivity index is 1.78. The number of rotatable bonds is 7. The summed E-state index contributed by atoms with van der Waals surface area (Å²) >= 11 is 0. The maximum atomic E-state index is 14.5. The van der Waals surface area contributed by atoms with Crippen LogP contribution in [0.5, 0.6) is 0 Å². The first-order chi connectivity index (χ1) is 14.7. The molecule has 0 bridgehead atoms. The van der Waals surface area contributed by atoms with Crippen molar-refractivity contribution >= 4 is 5.91 Å². The summed E-state index contributed by atoms with van der Waals surface area (Å²) in [6, 6.07) is 19.5. The minimum atomic E-state index is -0.440. The quantitative estimate of drug-likeness (QED) is 0.513. The molecule has 0 spiro atoms. The molecular weight excluding hydrogens is 383 g/mol. The van der Waals surface area contributed by atoms with Gasteiger partial charge in [0.15, 0.2) is 5.82 Å². The number of aliphatic hydroxyl groups is 1. The fraction of sp³-hybridized carbons (Fsp3) is 0.130. The van der Waals surface area contributed by atoms with Gasteiger partial charge in [0, 0.05) is 25.5 Å². The van der Waals surface area contributed by atoms with Crippen molar-refractivity contribution in [2.45, 2.75) is 6.54 Å². The highest BCUT2D eigenvalue weighted by molar-refractivity contribution is 5.97. The maximum absolute atomic E-state index is 14.5. The van der Waals surface area contributed by atoms with Crippen molar-refractivity contribution in [3.8, 4) is 11.5 Å². The lowest BCUT2D eigenvalue weighted by Gasteiger charge is -2.22. The van der Waals surface area contributed by atoms with E-state index < -0.39 is 5.82 Å². The molecule has 0 saturated heterocycles. The fourth-order valence-corrected chi connectivity index (χ4v) is 3.36. The average molecular weight is 404 g/mol. The monoisotopic (exact) mass is 404 g/mol. The number of halogens is 1. The Morgan fingerprint density at radius 1 is 1.00 bits per heavy atom. The Labute approximate surface area is 173 Å². The summed E-state index contributed by atoms with van der Waals surface area (Å²) in [6.45, 7) is 0.346. The van der Waals surface area contributed by atoms with Gasteiger partial charge in [-0.2, -0.15) is 5.10 Å². The van der Waals surface area contributed by atoms with Gasteiger partial charge in [-0.1, -0.05) is 42.5 Å². The molecule has 6 nitrogen and oxygen atoms in total. The van der Waals surface area contributed by atoms with Gasteiger partial charge in [-0.05, 0) is 29.8 Å². The molecule has 1 amide bonds. The first kappa shape index (κ1) is 19.6. The van der Waals surface area contributed by atoms with Gasteiger partial charge >= 0.3 is 0 Å². The third-order valence-corrected chi connectivity index (χ3v) is 4.78. The van der Waals surface area contributed by atoms with E-state index in [4.69, 9.17) is 0 Å². The van der Waals surface area contributed by atoms with Gasteiger partial charge < -0.3 is 14.6 Å². The van der Waals surface area contributed by atoms with E-state index in [1.54, 1.807) is 40.1 Å². The molecule has 0 radical (unpaired) electrons. The molecule has 0 atom stereocenters. The zero-order valence-electron chi connectivity index (χ0n) is 16.2. The molecule has 4 aromatic rings. The van der Waals surface area contributed by atoms with Crippen LogP contribution in [0.4, 0.5) is 4.39 Å². The van der Waals surface area contributed by atoms with Crippen LogP contribution in [-0.4, -0.2) is 43.4 Å². The number of aliphatic hydroxyl groups excluding tert-OH is 1. The van der Waals surface area contributed by atoms with Crippen molar-refractivity contribution in [1.29, 1.82) is 0 Å². The summed E-state index contributed by atoms with van der Waals surface area (Å²) in [4.78, 5) is 15.0. The van der Waals surface area contributed by atoms with E-state index in [9.17, 15) is 14.3 Å². The van der Waals surface area contributed by atoms with E-state index in [-0.39, 0.29) is 24.7 Å². The molecule has 0 fully saturated rings. The third-order valence-electron chi connectivity index (χ3n) is 4.78. The zero-order chi connectivity index (χ0) is 20.9. The predicted octanol–water partition coefficient (Wildman–Crippen LogP) is 3.44. The summed E-state index contributed by atoms with van der Waals surface area (Å²) in [5.41, 5.74) is 1.51. The van der Waals surface area contributed by atoms with Crippen LogP contribution in [-0.2, 0) is 6.54 Å². The minimum Gasteiger partial charge on any atom is -0.395 e. The molecule has 0 saturated carbocycles. The van der Waals surface area contributed by atoms with Crippen LogP contribution in [0.3, 0.4) is 0 Å². The molecule has 152 valence electrons. The van der Waals surface area contributed by atoms with Gasteiger partial charge in [0.1, 0.15) is 17.1 Å². The van der Waals surface area contributed by atoms with Crippen LogP contribution in [0.1, 0.15) is 15.9 Å². The van der Waals surface area contributed by atoms with E-state index in [2.05, 4.69) is 5.10 Å². The largest absolute Gasteiger partial charge is 0.395 e. The van der Waals surface area contributed by atoms with Crippen LogP contribution >= 0.6 is 0 Å². The standard InChI is InChI=1S/C23H21FN4O2/c24-20-10-4-5-11-21(20)28-22(26-12-6-7-13-26)19(16-25-28)23(30)27(14-15-29)17-18-8-2-1-3-9-18/h1-13,16,29H,14-15,17H2.